The quantitative estimate of drug-likeness (QED) is 0.767. The van der Waals surface area contributed by atoms with Crippen LogP contribution in [0.4, 0.5) is 0 Å². The van der Waals surface area contributed by atoms with Gasteiger partial charge < -0.3 is 10.2 Å². The summed E-state index contributed by atoms with van der Waals surface area (Å²) < 4.78 is 0. The maximum absolute atomic E-state index is 11.5. The Labute approximate surface area is 100 Å². The Bertz CT molecular complexity index is 411. The van der Waals surface area contributed by atoms with E-state index in [1.54, 1.807) is 12.1 Å². The molecule has 0 spiro atoms. The van der Waals surface area contributed by atoms with E-state index in [0.717, 1.165) is 16.9 Å². The SMILES string of the molecule is CCc1ccc(C(O)(O)N2CCCC2=O)cc1. The number of nitrogens with zero attached hydrogens (tertiary/aromatic N) is 1. The molecule has 0 aromatic heterocycles. The minimum atomic E-state index is -2.18. The number of aryl methyl sites for hydroxylation is 1. The van der Waals surface area contributed by atoms with E-state index in [-0.39, 0.29) is 5.91 Å². The van der Waals surface area contributed by atoms with Gasteiger partial charge in [-0.15, -0.1) is 0 Å². The van der Waals surface area contributed by atoms with Gasteiger partial charge >= 0.3 is 0 Å². The highest BCUT2D eigenvalue weighted by Crippen LogP contribution is 2.27. The van der Waals surface area contributed by atoms with Crippen LogP contribution in [0.1, 0.15) is 30.9 Å². The topological polar surface area (TPSA) is 60.8 Å². The van der Waals surface area contributed by atoms with E-state index >= 15 is 0 Å². The van der Waals surface area contributed by atoms with Crippen LogP contribution in [-0.2, 0) is 17.1 Å². The molecule has 0 aliphatic carbocycles. The zero-order valence-corrected chi connectivity index (χ0v) is 9.89. The molecular formula is C13H17NO3. The van der Waals surface area contributed by atoms with Crippen molar-refractivity contribution in [1.82, 2.24) is 4.90 Å². The lowest BCUT2D eigenvalue weighted by atomic mass is 10.1. The molecule has 2 rings (SSSR count). The molecule has 1 aliphatic heterocycles. The van der Waals surface area contributed by atoms with Gasteiger partial charge in [-0.3, -0.25) is 9.69 Å². The van der Waals surface area contributed by atoms with Crippen molar-refractivity contribution >= 4 is 5.91 Å². The van der Waals surface area contributed by atoms with Crippen molar-refractivity contribution in [2.75, 3.05) is 6.54 Å². The summed E-state index contributed by atoms with van der Waals surface area (Å²) in [5.74, 6) is -2.39. The molecule has 1 saturated heterocycles. The van der Waals surface area contributed by atoms with Crippen molar-refractivity contribution in [2.45, 2.75) is 32.1 Å². The Morgan fingerprint density at radius 2 is 1.94 bits per heavy atom. The molecule has 92 valence electrons. The fourth-order valence-electron chi connectivity index (χ4n) is 2.10. The standard InChI is InChI=1S/C13H17NO3/c1-2-10-5-7-11(8-6-10)13(16,17)14-9-3-4-12(14)15/h5-8,16-17H,2-4,9H2,1H3. The summed E-state index contributed by atoms with van der Waals surface area (Å²) in [6.45, 7) is 2.42. The first-order chi connectivity index (χ1) is 8.05. The Hall–Kier alpha value is -1.39. The molecule has 1 aromatic rings. The lowest BCUT2D eigenvalue weighted by Gasteiger charge is -2.32. The number of likely N-dealkylation sites (tertiary alicyclic amines) is 1. The molecule has 0 bridgehead atoms. The van der Waals surface area contributed by atoms with Crippen LogP contribution in [-0.4, -0.2) is 27.6 Å². The molecule has 4 heteroatoms. The molecule has 1 fully saturated rings. The first-order valence-corrected chi connectivity index (χ1v) is 5.90. The lowest BCUT2D eigenvalue weighted by Crippen LogP contribution is -2.46. The number of aliphatic hydroxyl groups is 2. The molecule has 0 saturated carbocycles. The highest BCUT2D eigenvalue weighted by atomic mass is 16.5. The summed E-state index contributed by atoms with van der Waals surface area (Å²) in [4.78, 5) is 12.6. The van der Waals surface area contributed by atoms with Gasteiger partial charge in [0.05, 0.1) is 0 Å². The van der Waals surface area contributed by atoms with E-state index in [0.29, 0.717) is 24.9 Å². The average molecular weight is 235 g/mol. The van der Waals surface area contributed by atoms with Gasteiger partial charge in [0, 0.05) is 18.5 Å². The van der Waals surface area contributed by atoms with E-state index in [2.05, 4.69) is 0 Å². The summed E-state index contributed by atoms with van der Waals surface area (Å²) in [5.41, 5.74) is 1.46. The number of carbonyl (C=O) groups is 1. The monoisotopic (exact) mass is 235 g/mol. The molecule has 1 aromatic carbocycles. The van der Waals surface area contributed by atoms with Crippen molar-refractivity contribution < 1.29 is 15.0 Å². The van der Waals surface area contributed by atoms with Crippen LogP contribution in [0.3, 0.4) is 0 Å². The third-order valence-electron chi connectivity index (χ3n) is 3.20. The molecule has 17 heavy (non-hydrogen) atoms. The van der Waals surface area contributed by atoms with Crippen molar-refractivity contribution in [2.24, 2.45) is 0 Å². The summed E-state index contributed by atoms with van der Waals surface area (Å²) in [6.07, 6.45) is 1.96. The molecule has 1 amide bonds. The van der Waals surface area contributed by atoms with Gasteiger partial charge in [0.2, 0.25) is 5.91 Å². The summed E-state index contributed by atoms with van der Waals surface area (Å²) in [7, 11) is 0. The first kappa shape index (κ1) is 12.1. The number of amides is 1. The van der Waals surface area contributed by atoms with Crippen LogP contribution >= 0.6 is 0 Å². The van der Waals surface area contributed by atoms with Crippen LogP contribution in [0.25, 0.3) is 0 Å². The van der Waals surface area contributed by atoms with Gasteiger partial charge in [-0.2, -0.15) is 0 Å². The fraction of sp³-hybridized carbons (Fsp3) is 0.462. The van der Waals surface area contributed by atoms with Gasteiger partial charge in [0.25, 0.3) is 5.91 Å². The Kier molecular flexibility index (Phi) is 3.17. The van der Waals surface area contributed by atoms with Crippen LogP contribution in [0.5, 0.6) is 0 Å². The number of carbonyl (C=O) groups excluding carboxylic acids is 1. The predicted octanol–water partition coefficient (Wildman–Crippen LogP) is 0.966. The average Bonchev–Trinajstić information content (AvgIpc) is 2.76. The second kappa shape index (κ2) is 4.47. The summed E-state index contributed by atoms with van der Waals surface area (Å²) >= 11 is 0. The Morgan fingerprint density at radius 1 is 1.29 bits per heavy atom. The molecule has 4 nitrogen and oxygen atoms in total. The maximum atomic E-state index is 11.5. The van der Waals surface area contributed by atoms with Gasteiger partial charge in [-0.1, -0.05) is 31.2 Å². The first-order valence-electron chi connectivity index (χ1n) is 5.90. The van der Waals surface area contributed by atoms with Crippen LogP contribution in [0, 0.1) is 0 Å². The molecule has 1 heterocycles. The molecule has 2 N–H and O–H groups in total. The smallest absolute Gasteiger partial charge is 0.277 e. The van der Waals surface area contributed by atoms with E-state index in [9.17, 15) is 15.0 Å². The zero-order chi connectivity index (χ0) is 12.5. The molecule has 0 unspecified atom stereocenters. The summed E-state index contributed by atoms with van der Waals surface area (Å²) in [6, 6.07) is 7.00. The Morgan fingerprint density at radius 3 is 2.41 bits per heavy atom. The van der Waals surface area contributed by atoms with E-state index < -0.39 is 5.91 Å². The normalized spacial score (nSPS) is 16.6. The highest BCUT2D eigenvalue weighted by Gasteiger charge is 2.39. The van der Waals surface area contributed by atoms with Gasteiger partial charge in [0.1, 0.15) is 0 Å². The minimum absolute atomic E-state index is 0.213. The van der Waals surface area contributed by atoms with Crippen LogP contribution < -0.4 is 0 Å². The molecule has 1 aliphatic rings. The molecule has 0 radical (unpaired) electrons. The maximum Gasteiger partial charge on any atom is 0.277 e. The number of hydrogen-bond donors (Lipinski definition) is 2. The fourth-order valence-corrected chi connectivity index (χ4v) is 2.10. The third-order valence-corrected chi connectivity index (χ3v) is 3.20. The van der Waals surface area contributed by atoms with E-state index in [4.69, 9.17) is 0 Å². The second-order valence-electron chi connectivity index (χ2n) is 4.33. The van der Waals surface area contributed by atoms with Crippen molar-refractivity contribution in [1.29, 1.82) is 0 Å². The summed E-state index contributed by atoms with van der Waals surface area (Å²) in [5, 5.41) is 20.2. The second-order valence-corrected chi connectivity index (χ2v) is 4.33. The number of hydrogen-bond acceptors (Lipinski definition) is 3. The van der Waals surface area contributed by atoms with Crippen molar-refractivity contribution in [3.63, 3.8) is 0 Å². The minimum Gasteiger partial charge on any atom is -0.345 e. The highest BCUT2D eigenvalue weighted by molar-refractivity contribution is 5.78. The van der Waals surface area contributed by atoms with Crippen LogP contribution in [0.15, 0.2) is 24.3 Å². The van der Waals surface area contributed by atoms with Crippen LogP contribution in [0.2, 0.25) is 0 Å². The van der Waals surface area contributed by atoms with Gasteiger partial charge in [-0.25, -0.2) is 0 Å². The molecule has 0 atom stereocenters. The van der Waals surface area contributed by atoms with Gasteiger partial charge in [0.15, 0.2) is 0 Å². The Balaban J connectivity index is 2.26. The largest absolute Gasteiger partial charge is 0.345 e. The van der Waals surface area contributed by atoms with E-state index in [1.807, 2.05) is 19.1 Å². The van der Waals surface area contributed by atoms with E-state index in [1.165, 1.54) is 0 Å². The van der Waals surface area contributed by atoms with Gasteiger partial charge in [-0.05, 0) is 18.4 Å². The zero-order valence-electron chi connectivity index (χ0n) is 9.89. The predicted molar refractivity (Wildman–Crippen MR) is 62.9 cm³/mol. The number of rotatable bonds is 3. The number of benzene rings is 1. The lowest BCUT2D eigenvalue weighted by molar-refractivity contribution is -0.262. The molecular weight excluding hydrogens is 218 g/mol. The van der Waals surface area contributed by atoms with Crippen molar-refractivity contribution in [3.8, 4) is 0 Å². The third kappa shape index (κ3) is 2.18. The van der Waals surface area contributed by atoms with Crippen molar-refractivity contribution in [3.05, 3.63) is 35.4 Å².